The third-order valence-electron chi connectivity index (χ3n) is 1.35. The zero-order valence-corrected chi connectivity index (χ0v) is 8.76. The van der Waals surface area contributed by atoms with Crippen LogP contribution in [0.15, 0.2) is 10.7 Å². The second-order valence-electron chi connectivity index (χ2n) is 2.37. The third kappa shape index (κ3) is 2.29. The molecule has 0 bridgehead atoms. The zero-order valence-electron chi connectivity index (χ0n) is 6.36. The van der Waals surface area contributed by atoms with Gasteiger partial charge in [-0.2, -0.15) is 5.10 Å². The SMILES string of the molecule is Cn1ncc(Br)c1CS(N)(=O)=O. The second-order valence-corrected chi connectivity index (χ2v) is 4.84. The molecule has 1 rings (SSSR count). The molecule has 0 unspecified atom stereocenters. The number of aromatic nitrogens is 2. The molecule has 0 aliphatic heterocycles. The molecular weight excluding hydrogens is 246 g/mol. The average molecular weight is 254 g/mol. The van der Waals surface area contributed by atoms with Crippen LogP contribution < -0.4 is 5.14 Å². The summed E-state index contributed by atoms with van der Waals surface area (Å²) in [7, 11) is -1.82. The number of aryl methyl sites for hydroxylation is 1. The van der Waals surface area contributed by atoms with Gasteiger partial charge in [-0.15, -0.1) is 0 Å². The second kappa shape index (κ2) is 3.15. The van der Waals surface area contributed by atoms with E-state index in [0.717, 1.165) is 0 Å². The van der Waals surface area contributed by atoms with Crippen molar-refractivity contribution in [2.45, 2.75) is 5.75 Å². The van der Waals surface area contributed by atoms with Gasteiger partial charge in [0.1, 0.15) is 5.75 Å². The maximum absolute atomic E-state index is 10.7. The molecule has 1 aromatic heterocycles. The molecule has 12 heavy (non-hydrogen) atoms. The molecule has 0 fully saturated rings. The van der Waals surface area contributed by atoms with Gasteiger partial charge in [-0.1, -0.05) is 0 Å². The van der Waals surface area contributed by atoms with Crippen LogP contribution in [0.25, 0.3) is 0 Å². The Kier molecular flexibility index (Phi) is 2.55. The first-order valence-corrected chi connectivity index (χ1v) is 5.58. The fourth-order valence-corrected chi connectivity index (χ4v) is 2.19. The Morgan fingerprint density at radius 1 is 1.75 bits per heavy atom. The molecule has 0 aliphatic rings. The highest BCUT2D eigenvalue weighted by Crippen LogP contribution is 2.16. The lowest BCUT2D eigenvalue weighted by Gasteiger charge is -1.99. The number of halogens is 1. The maximum atomic E-state index is 10.7. The van der Waals surface area contributed by atoms with E-state index in [1.165, 1.54) is 10.9 Å². The summed E-state index contributed by atoms with van der Waals surface area (Å²) in [5, 5.41) is 8.72. The highest BCUT2D eigenvalue weighted by Gasteiger charge is 2.12. The van der Waals surface area contributed by atoms with Gasteiger partial charge in [-0.3, -0.25) is 4.68 Å². The molecule has 7 heteroatoms. The van der Waals surface area contributed by atoms with E-state index in [0.29, 0.717) is 10.2 Å². The van der Waals surface area contributed by atoms with Gasteiger partial charge in [-0.25, -0.2) is 13.6 Å². The Hall–Kier alpha value is -0.400. The molecule has 2 N–H and O–H groups in total. The van der Waals surface area contributed by atoms with Crippen molar-refractivity contribution in [2.24, 2.45) is 12.2 Å². The first-order chi connectivity index (χ1) is 5.40. The van der Waals surface area contributed by atoms with E-state index in [1.54, 1.807) is 7.05 Å². The van der Waals surface area contributed by atoms with Gasteiger partial charge in [0, 0.05) is 7.05 Å². The van der Waals surface area contributed by atoms with Crippen molar-refractivity contribution in [3.63, 3.8) is 0 Å². The summed E-state index contributed by atoms with van der Waals surface area (Å²) in [4.78, 5) is 0. The molecule has 1 heterocycles. The Balaban J connectivity index is 3.04. The van der Waals surface area contributed by atoms with Crippen molar-refractivity contribution in [3.05, 3.63) is 16.4 Å². The summed E-state index contributed by atoms with van der Waals surface area (Å²) in [6.45, 7) is 0. The minimum absolute atomic E-state index is 0.204. The Morgan fingerprint density at radius 3 is 2.67 bits per heavy atom. The van der Waals surface area contributed by atoms with Crippen molar-refractivity contribution in [3.8, 4) is 0 Å². The van der Waals surface area contributed by atoms with Gasteiger partial charge in [0.25, 0.3) is 0 Å². The molecule has 0 aliphatic carbocycles. The first-order valence-electron chi connectivity index (χ1n) is 3.07. The standard InChI is InChI=1S/C5H8BrN3O2S/c1-9-5(3-12(7,10)11)4(6)2-8-9/h2H,3H2,1H3,(H2,7,10,11). The van der Waals surface area contributed by atoms with Gasteiger partial charge < -0.3 is 0 Å². The molecule has 68 valence electrons. The summed E-state index contributed by atoms with van der Waals surface area (Å²) >= 11 is 3.17. The Labute approximate surface area is 78.7 Å². The molecule has 0 spiro atoms. The van der Waals surface area contributed by atoms with E-state index in [2.05, 4.69) is 21.0 Å². The lowest BCUT2D eigenvalue weighted by Crippen LogP contribution is -2.16. The van der Waals surface area contributed by atoms with Crippen molar-refractivity contribution >= 4 is 26.0 Å². The van der Waals surface area contributed by atoms with Crippen LogP contribution in [0.5, 0.6) is 0 Å². The van der Waals surface area contributed by atoms with Crippen molar-refractivity contribution in [1.29, 1.82) is 0 Å². The molecule has 0 saturated heterocycles. The quantitative estimate of drug-likeness (QED) is 0.805. The Morgan fingerprint density at radius 2 is 2.33 bits per heavy atom. The summed E-state index contributed by atoms with van der Waals surface area (Å²) in [5.41, 5.74) is 0.553. The normalized spacial score (nSPS) is 11.9. The van der Waals surface area contributed by atoms with Gasteiger partial charge in [-0.05, 0) is 15.9 Å². The predicted octanol–water partition coefficient (Wildman–Crippen LogP) is -0.0289. The number of primary sulfonamides is 1. The maximum Gasteiger partial charge on any atom is 0.214 e. The van der Waals surface area contributed by atoms with E-state index in [9.17, 15) is 8.42 Å². The van der Waals surface area contributed by atoms with Crippen LogP contribution in [0, 0.1) is 0 Å². The minimum Gasteiger partial charge on any atom is -0.270 e. The molecule has 0 radical (unpaired) electrons. The molecule has 0 amide bonds. The van der Waals surface area contributed by atoms with Crippen LogP contribution in [0.1, 0.15) is 5.69 Å². The fourth-order valence-electron chi connectivity index (χ4n) is 0.789. The highest BCUT2D eigenvalue weighted by atomic mass is 79.9. The Bertz CT molecular complexity index is 364. The predicted molar refractivity (Wildman–Crippen MR) is 47.7 cm³/mol. The molecule has 5 nitrogen and oxygen atoms in total. The topological polar surface area (TPSA) is 78.0 Å². The van der Waals surface area contributed by atoms with Crippen LogP contribution in [0.3, 0.4) is 0 Å². The highest BCUT2D eigenvalue weighted by molar-refractivity contribution is 9.10. The number of nitrogens with two attached hydrogens (primary N) is 1. The lowest BCUT2D eigenvalue weighted by molar-refractivity contribution is 0.593. The summed E-state index contributed by atoms with van der Waals surface area (Å²) in [6.07, 6.45) is 1.53. The number of rotatable bonds is 2. The van der Waals surface area contributed by atoms with Gasteiger partial charge in [0.15, 0.2) is 0 Å². The number of nitrogens with zero attached hydrogens (tertiary/aromatic N) is 2. The fraction of sp³-hybridized carbons (Fsp3) is 0.400. The number of hydrogen-bond acceptors (Lipinski definition) is 3. The summed E-state index contributed by atoms with van der Waals surface area (Å²) < 4.78 is 23.6. The first kappa shape index (κ1) is 9.69. The van der Waals surface area contributed by atoms with Crippen molar-refractivity contribution in [2.75, 3.05) is 0 Å². The van der Waals surface area contributed by atoms with Crippen molar-refractivity contribution in [1.82, 2.24) is 9.78 Å². The van der Waals surface area contributed by atoms with Crippen LogP contribution in [0.2, 0.25) is 0 Å². The van der Waals surface area contributed by atoms with Gasteiger partial charge in [0.05, 0.1) is 16.4 Å². The van der Waals surface area contributed by atoms with E-state index < -0.39 is 10.0 Å². The van der Waals surface area contributed by atoms with Crippen LogP contribution in [-0.2, 0) is 22.8 Å². The van der Waals surface area contributed by atoms with E-state index in [-0.39, 0.29) is 5.75 Å². The zero-order chi connectivity index (χ0) is 9.35. The van der Waals surface area contributed by atoms with Crippen LogP contribution in [-0.4, -0.2) is 18.2 Å². The summed E-state index contributed by atoms with van der Waals surface area (Å²) in [5.74, 6) is -0.204. The monoisotopic (exact) mass is 253 g/mol. The molecular formula is C5H8BrN3O2S. The summed E-state index contributed by atoms with van der Waals surface area (Å²) in [6, 6.07) is 0. The average Bonchev–Trinajstić information content (AvgIpc) is 2.16. The molecule has 0 saturated carbocycles. The van der Waals surface area contributed by atoms with Gasteiger partial charge in [0.2, 0.25) is 10.0 Å². The number of sulfonamides is 1. The van der Waals surface area contributed by atoms with Crippen LogP contribution >= 0.6 is 15.9 Å². The third-order valence-corrected chi connectivity index (χ3v) is 2.69. The smallest absolute Gasteiger partial charge is 0.214 e. The van der Waals surface area contributed by atoms with E-state index in [4.69, 9.17) is 5.14 Å². The molecule has 1 aromatic rings. The minimum atomic E-state index is -3.48. The van der Waals surface area contributed by atoms with E-state index in [1.807, 2.05) is 0 Å². The number of hydrogen-bond donors (Lipinski definition) is 1. The van der Waals surface area contributed by atoms with E-state index >= 15 is 0 Å². The molecule has 0 aromatic carbocycles. The molecule has 0 atom stereocenters. The van der Waals surface area contributed by atoms with Gasteiger partial charge >= 0.3 is 0 Å². The largest absolute Gasteiger partial charge is 0.270 e. The van der Waals surface area contributed by atoms with Crippen molar-refractivity contribution < 1.29 is 8.42 Å². The van der Waals surface area contributed by atoms with Crippen LogP contribution in [0.4, 0.5) is 0 Å². The lowest BCUT2D eigenvalue weighted by atomic mass is 10.5.